The lowest BCUT2D eigenvalue weighted by Gasteiger charge is -2.31. The maximum Gasteiger partial charge on any atom is 0.289 e. The van der Waals surface area contributed by atoms with Crippen molar-refractivity contribution in [2.24, 2.45) is 5.92 Å². The molecule has 0 atom stereocenters. The number of hydrogen-bond donors (Lipinski definition) is 1. The molecule has 166 valence electrons. The van der Waals surface area contributed by atoms with E-state index in [1.54, 1.807) is 24.1 Å². The molecule has 2 amide bonds. The van der Waals surface area contributed by atoms with Crippen LogP contribution in [0.25, 0.3) is 0 Å². The zero-order valence-electron chi connectivity index (χ0n) is 18.0. The number of benzene rings is 2. The van der Waals surface area contributed by atoms with Gasteiger partial charge in [-0.15, -0.1) is 0 Å². The second-order valence-corrected chi connectivity index (χ2v) is 7.63. The van der Waals surface area contributed by atoms with Crippen LogP contribution in [0, 0.1) is 5.92 Å². The average molecular weight is 434 g/mol. The Bertz CT molecular complexity index is 1050. The van der Waals surface area contributed by atoms with Crippen LogP contribution in [0.3, 0.4) is 0 Å². The standard InChI is InChI=1S/C25H26N2O5/c1-30-22-10-6-5-9-21(22)26-24(28)18-11-14-27(15-12-18)25(29)23-19(13-16-31-23)17-32-20-7-3-2-4-8-20/h2-10,13,16,18H,11-12,14-15,17H2,1H3,(H,26,28). The van der Waals surface area contributed by atoms with Crippen molar-refractivity contribution in [1.29, 1.82) is 0 Å². The quantitative estimate of drug-likeness (QED) is 0.598. The van der Waals surface area contributed by atoms with Gasteiger partial charge in [0.1, 0.15) is 18.1 Å². The van der Waals surface area contributed by atoms with Crippen molar-refractivity contribution in [3.63, 3.8) is 0 Å². The SMILES string of the molecule is COc1ccccc1NC(=O)C1CCN(C(=O)c2occc2COc2ccccc2)CC1. The Kier molecular flexibility index (Phi) is 6.75. The smallest absolute Gasteiger partial charge is 0.289 e. The van der Waals surface area contributed by atoms with Crippen molar-refractivity contribution in [1.82, 2.24) is 4.90 Å². The first-order valence-corrected chi connectivity index (χ1v) is 10.6. The van der Waals surface area contributed by atoms with Crippen molar-refractivity contribution in [2.75, 3.05) is 25.5 Å². The Hall–Kier alpha value is -3.74. The highest BCUT2D eigenvalue weighted by Crippen LogP contribution is 2.27. The van der Waals surface area contributed by atoms with Crippen molar-refractivity contribution in [3.05, 3.63) is 78.3 Å². The summed E-state index contributed by atoms with van der Waals surface area (Å²) in [6.07, 6.45) is 2.68. The topological polar surface area (TPSA) is 81.0 Å². The van der Waals surface area contributed by atoms with Crippen LogP contribution < -0.4 is 14.8 Å². The van der Waals surface area contributed by atoms with E-state index >= 15 is 0 Å². The summed E-state index contributed by atoms with van der Waals surface area (Å²) in [6.45, 7) is 1.23. The number of carbonyl (C=O) groups excluding carboxylic acids is 2. The van der Waals surface area contributed by atoms with Gasteiger partial charge in [0.25, 0.3) is 5.91 Å². The summed E-state index contributed by atoms with van der Waals surface area (Å²) in [5, 5.41) is 2.94. The Balaban J connectivity index is 1.32. The zero-order valence-corrected chi connectivity index (χ0v) is 18.0. The van der Waals surface area contributed by atoms with Gasteiger partial charge in [0, 0.05) is 24.6 Å². The van der Waals surface area contributed by atoms with Gasteiger partial charge >= 0.3 is 0 Å². The lowest BCUT2D eigenvalue weighted by molar-refractivity contribution is -0.121. The molecule has 1 saturated heterocycles. The van der Waals surface area contributed by atoms with Gasteiger partial charge < -0.3 is 24.1 Å². The molecule has 2 heterocycles. The predicted octanol–water partition coefficient (Wildman–Crippen LogP) is 4.36. The van der Waals surface area contributed by atoms with Crippen LogP contribution in [-0.4, -0.2) is 36.9 Å². The molecule has 0 aliphatic carbocycles. The van der Waals surface area contributed by atoms with Crippen LogP contribution in [0.15, 0.2) is 71.3 Å². The van der Waals surface area contributed by atoms with E-state index in [4.69, 9.17) is 13.9 Å². The fourth-order valence-electron chi connectivity index (χ4n) is 3.79. The summed E-state index contributed by atoms with van der Waals surface area (Å²) in [4.78, 5) is 27.4. The summed E-state index contributed by atoms with van der Waals surface area (Å²) in [5.41, 5.74) is 1.35. The van der Waals surface area contributed by atoms with Crippen LogP contribution in [0.2, 0.25) is 0 Å². The number of hydrogen-bond acceptors (Lipinski definition) is 5. The number of amides is 2. The molecule has 7 heteroatoms. The minimum atomic E-state index is -0.176. The van der Waals surface area contributed by atoms with E-state index in [2.05, 4.69) is 5.32 Å². The van der Waals surface area contributed by atoms with Crippen molar-refractivity contribution >= 4 is 17.5 Å². The summed E-state index contributed by atoms with van der Waals surface area (Å²) < 4.78 is 16.5. The third kappa shape index (κ3) is 4.94. The van der Waals surface area contributed by atoms with E-state index in [1.165, 1.54) is 6.26 Å². The molecule has 1 aliphatic heterocycles. The number of ether oxygens (including phenoxy) is 2. The number of furan rings is 1. The van der Waals surface area contributed by atoms with E-state index < -0.39 is 0 Å². The van der Waals surface area contributed by atoms with Crippen molar-refractivity contribution in [3.8, 4) is 11.5 Å². The van der Waals surface area contributed by atoms with Crippen molar-refractivity contribution < 1.29 is 23.5 Å². The van der Waals surface area contributed by atoms with Crippen molar-refractivity contribution in [2.45, 2.75) is 19.4 Å². The number of anilines is 1. The van der Waals surface area contributed by atoms with E-state index in [1.807, 2.05) is 48.5 Å². The van der Waals surface area contributed by atoms with Gasteiger partial charge in [-0.3, -0.25) is 9.59 Å². The van der Waals surface area contributed by atoms with Crippen LogP contribution >= 0.6 is 0 Å². The van der Waals surface area contributed by atoms with Gasteiger partial charge in [0.05, 0.1) is 19.1 Å². The molecule has 1 fully saturated rings. The molecule has 0 bridgehead atoms. The molecular weight excluding hydrogens is 408 g/mol. The maximum atomic E-state index is 13.0. The number of piperidine rings is 1. The number of rotatable bonds is 7. The normalized spacial score (nSPS) is 14.1. The summed E-state index contributed by atoms with van der Waals surface area (Å²) in [6, 6.07) is 18.5. The highest BCUT2D eigenvalue weighted by molar-refractivity contribution is 5.95. The first-order chi connectivity index (χ1) is 15.7. The number of carbonyl (C=O) groups is 2. The lowest BCUT2D eigenvalue weighted by Crippen LogP contribution is -2.41. The maximum absolute atomic E-state index is 13.0. The van der Waals surface area contributed by atoms with Crippen LogP contribution in [0.5, 0.6) is 11.5 Å². The summed E-state index contributed by atoms with van der Waals surface area (Å²) in [5.74, 6) is 1.24. The minimum absolute atomic E-state index is 0.0588. The fraction of sp³-hybridized carbons (Fsp3) is 0.280. The van der Waals surface area contributed by atoms with E-state index in [9.17, 15) is 9.59 Å². The fourth-order valence-corrected chi connectivity index (χ4v) is 3.79. The molecule has 1 aromatic heterocycles. The molecule has 2 aromatic carbocycles. The molecule has 7 nitrogen and oxygen atoms in total. The highest BCUT2D eigenvalue weighted by atomic mass is 16.5. The Morgan fingerprint density at radius 1 is 1.03 bits per heavy atom. The third-order valence-corrected chi connectivity index (χ3v) is 5.60. The Morgan fingerprint density at radius 2 is 1.75 bits per heavy atom. The zero-order chi connectivity index (χ0) is 22.3. The molecule has 4 rings (SSSR count). The molecule has 3 aromatic rings. The molecule has 0 unspecified atom stereocenters. The number of likely N-dealkylation sites (tertiary alicyclic amines) is 1. The third-order valence-electron chi connectivity index (χ3n) is 5.60. The number of nitrogens with one attached hydrogen (secondary N) is 1. The van der Waals surface area contributed by atoms with E-state index in [-0.39, 0.29) is 30.1 Å². The van der Waals surface area contributed by atoms with Gasteiger partial charge in [0.15, 0.2) is 5.76 Å². The average Bonchev–Trinajstić information content (AvgIpc) is 3.32. The van der Waals surface area contributed by atoms with E-state index in [0.717, 1.165) is 5.75 Å². The van der Waals surface area contributed by atoms with Crippen LogP contribution in [0.4, 0.5) is 5.69 Å². The van der Waals surface area contributed by atoms with Crippen LogP contribution in [-0.2, 0) is 11.4 Å². The lowest BCUT2D eigenvalue weighted by atomic mass is 9.95. The van der Waals surface area contributed by atoms with Gasteiger partial charge in [-0.1, -0.05) is 30.3 Å². The Labute approximate surface area is 186 Å². The second kappa shape index (κ2) is 10.0. The van der Waals surface area contributed by atoms with Crippen LogP contribution in [0.1, 0.15) is 29.0 Å². The summed E-state index contributed by atoms with van der Waals surface area (Å²) >= 11 is 0. The molecule has 0 radical (unpaired) electrons. The first kappa shape index (κ1) is 21.5. The second-order valence-electron chi connectivity index (χ2n) is 7.63. The molecular formula is C25H26N2O5. The minimum Gasteiger partial charge on any atom is -0.495 e. The van der Waals surface area contributed by atoms with Gasteiger partial charge in [-0.05, 0) is 43.2 Å². The largest absolute Gasteiger partial charge is 0.495 e. The molecule has 32 heavy (non-hydrogen) atoms. The van der Waals surface area contributed by atoms with Gasteiger partial charge in [-0.2, -0.15) is 0 Å². The summed E-state index contributed by atoms with van der Waals surface area (Å²) in [7, 11) is 1.57. The van der Waals surface area contributed by atoms with Gasteiger partial charge in [0.2, 0.25) is 5.91 Å². The molecule has 1 N–H and O–H groups in total. The number of para-hydroxylation sites is 3. The predicted molar refractivity (Wildman–Crippen MR) is 120 cm³/mol. The van der Waals surface area contributed by atoms with E-state index in [0.29, 0.717) is 42.9 Å². The highest BCUT2D eigenvalue weighted by Gasteiger charge is 2.30. The molecule has 1 aliphatic rings. The monoisotopic (exact) mass is 434 g/mol. The number of methoxy groups -OCH3 is 1. The molecule has 0 saturated carbocycles. The number of nitrogens with zero attached hydrogens (tertiary/aromatic N) is 1. The first-order valence-electron chi connectivity index (χ1n) is 10.6. The molecule has 0 spiro atoms. The van der Waals surface area contributed by atoms with Gasteiger partial charge in [-0.25, -0.2) is 0 Å². The Morgan fingerprint density at radius 3 is 2.50 bits per heavy atom.